The predicted molar refractivity (Wildman–Crippen MR) is 81.3 cm³/mol. The molecular formula is C16H9F2NO2S. The van der Waals surface area contributed by atoms with Gasteiger partial charge in [-0.2, -0.15) is 0 Å². The van der Waals surface area contributed by atoms with E-state index in [9.17, 15) is 18.4 Å². The van der Waals surface area contributed by atoms with E-state index in [1.165, 1.54) is 48.5 Å². The number of carbonyl (C=O) groups is 2. The fraction of sp³-hybridized carbons (Fsp3) is 0. The molecule has 3 rings (SSSR count). The van der Waals surface area contributed by atoms with Crippen molar-refractivity contribution >= 4 is 34.7 Å². The van der Waals surface area contributed by atoms with Crippen LogP contribution in [-0.2, 0) is 4.79 Å². The van der Waals surface area contributed by atoms with Crippen LogP contribution in [0.5, 0.6) is 0 Å². The van der Waals surface area contributed by atoms with Crippen molar-refractivity contribution in [1.82, 2.24) is 0 Å². The average Bonchev–Trinajstić information content (AvgIpc) is 2.75. The van der Waals surface area contributed by atoms with Gasteiger partial charge in [0.25, 0.3) is 11.1 Å². The van der Waals surface area contributed by atoms with E-state index in [0.29, 0.717) is 11.3 Å². The Morgan fingerprint density at radius 2 is 1.68 bits per heavy atom. The number of nitrogens with zero attached hydrogens (tertiary/aromatic N) is 1. The van der Waals surface area contributed by atoms with Crippen molar-refractivity contribution in [3.8, 4) is 0 Å². The molecule has 1 fully saturated rings. The van der Waals surface area contributed by atoms with Gasteiger partial charge in [-0.1, -0.05) is 12.1 Å². The van der Waals surface area contributed by atoms with Crippen molar-refractivity contribution in [1.29, 1.82) is 0 Å². The predicted octanol–water partition coefficient (Wildman–Crippen LogP) is 4.21. The number of halogens is 2. The lowest BCUT2D eigenvalue weighted by atomic mass is 10.2. The maximum absolute atomic E-state index is 13.2. The summed E-state index contributed by atoms with van der Waals surface area (Å²) in [6.07, 6.45) is 1.46. The van der Waals surface area contributed by atoms with Gasteiger partial charge < -0.3 is 0 Å². The van der Waals surface area contributed by atoms with E-state index in [-0.39, 0.29) is 4.91 Å². The molecule has 2 aromatic rings. The maximum atomic E-state index is 13.2. The Hall–Kier alpha value is -2.47. The second-order valence-electron chi connectivity index (χ2n) is 4.55. The van der Waals surface area contributed by atoms with E-state index in [0.717, 1.165) is 16.7 Å². The molecule has 2 amide bonds. The number of thioether (sulfide) groups is 1. The molecule has 0 atom stereocenters. The van der Waals surface area contributed by atoms with Crippen LogP contribution in [0.25, 0.3) is 6.08 Å². The Labute approximate surface area is 129 Å². The number of amides is 2. The van der Waals surface area contributed by atoms with Gasteiger partial charge in [-0.05, 0) is 59.8 Å². The third-order valence-corrected chi connectivity index (χ3v) is 3.89. The van der Waals surface area contributed by atoms with Crippen LogP contribution in [0, 0.1) is 11.6 Å². The first-order valence-electron chi connectivity index (χ1n) is 6.34. The minimum atomic E-state index is -0.508. The topological polar surface area (TPSA) is 37.4 Å². The summed E-state index contributed by atoms with van der Waals surface area (Å²) in [6.45, 7) is 0. The second kappa shape index (κ2) is 5.73. The fourth-order valence-electron chi connectivity index (χ4n) is 2.03. The number of imide groups is 1. The van der Waals surface area contributed by atoms with Gasteiger partial charge in [0.15, 0.2) is 0 Å². The first kappa shape index (κ1) is 14.5. The summed E-state index contributed by atoms with van der Waals surface area (Å²) in [5, 5.41) is -0.473. The van der Waals surface area contributed by atoms with Gasteiger partial charge in [-0.3, -0.25) is 9.59 Å². The van der Waals surface area contributed by atoms with Crippen LogP contribution in [0.1, 0.15) is 5.56 Å². The Kier molecular flexibility index (Phi) is 3.77. The normalized spacial score (nSPS) is 16.6. The number of rotatable bonds is 2. The van der Waals surface area contributed by atoms with Crippen molar-refractivity contribution in [3.05, 3.63) is 70.6 Å². The average molecular weight is 317 g/mol. The molecule has 0 aromatic heterocycles. The van der Waals surface area contributed by atoms with Crippen LogP contribution in [0.15, 0.2) is 53.4 Å². The molecule has 0 unspecified atom stereocenters. The summed E-state index contributed by atoms with van der Waals surface area (Å²) in [5.41, 5.74) is 0.788. The van der Waals surface area contributed by atoms with Gasteiger partial charge in [0.1, 0.15) is 11.6 Å². The zero-order valence-electron chi connectivity index (χ0n) is 11.1. The van der Waals surface area contributed by atoms with Crippen molar-refractivity contribution < 1.29 is 18.4 Å². The van der Waals surface area contributed by atoms with Gasteiger partial charge in [-0.25, -0.2) is 13.7 Å². The van der Waals surface area contributed by atoms with Crippen LogP contribution in [0.2, 0.25) is 0 Å². The highest BCUT2D eigenvalue weighted by Gasteiger charge is 2.36. The molecule has 1 heterocycles. The van der Waals surface area contributed by atoms with E-state index in [4.69, 9.17) is 0 Å². The summed E-state index contributed by atoms with van der Waals surface area (Å²) in [6, 6.07) is 10.8. The highest BCUT2D eigenvalue weighted by molar-refractivity contribution is 8.19. The van der Waals surface area contributed by atoms with E-state index in [2.05, 4.69) is 0 Å². The molecule has 0 bridgehead atoms. The maximum Gasteiger partial charge on any atom is 0.298 e. The van der Waals surface area contributed by atoms with Crippen LogP contribution >= 0.6 is 11.8 Å². The molecule has 0 N–H and O–H groups in total. The highest BCUT2D eigenvalue weighted by Crippen LogP contribution is 2.35. The van der Waals surface area contributed by atoms with Crippen molar-refractivity contribution in [2.75, 3.05) is 4.90 Å². The molecular weight excluding hydrogens is 308 g/mol. The molecule has 1 aliphatic rings. The van der Waals surface area contributed by atoms with Crippen LogP contribution in [0.4, 0.5) is 19.3 Å². The Balaban J connectivity index is 1.93. The molecule has 0 spiro atoms. The minimum absolute atomic E-state index is 0.194. The van der Waals surface area contributed by atoms with Gasteiger partial charge in [0.05, 0.1) is 10.6 Å². The smallest absolute Gasteiger partial charge is 0.268 e. The van der Waals surface area contributed by atoms with Crippen molar-refractivity contribution in [3.63, 3.8) is 0 Å². The Morgan fingerprint density at radius 1 is 0.955 bits per heavy atom. The van der Waals surface area contributed by atoms with Crippen molar-refractivity contribution in [2.45, 2.75) is 0 Å². The van der Waals surface area contributed by atoms with E-state index < -0.39 is 22.8 Å². The quantitative estimate of drug-likeness (QED) is 0.779. The zero-order valence-corrected chi connectivity index (χ0v) is 11.9. The summed E-state index contributed by atoms with van der Waals surface area (Å²) in [5.74, 6) is -1.39. The SMILES string of the molecule is O=C1S/C(=C\c2cccc(F)c2)C(=O)N1c1ccc(F)cc1. The number of carbonyl (C=O) groups excluding carboxylic acids is 2. The summed E-state index contributed by atoms with van der Waals surface area (Å²) >= 11 is 0.764. The van der Waals surface area contributed by atoms with Gasteiger partial charge in [0.2, 0.25) is 0 Å². The van der Waals surface area contributed by atoms with E-state index in [1.807, 2.05) is 0 Å². The van der Waals surface area contributed by atoms with Crippen LogP contribution in [0.3, 0.4) is 0 Å². The number of hydrogen-bond donors (Lipinski definition) is 0. The van der Waals surface area contributed by atoms with Gasteiger partial charge >= 0.3 is 0 Å². The summed E-state index contributed by atoms with van der Waals surface area (Å²) in [4.78, 5) is 25.5. The van der Waals surface area contributed by atoms with Crippen LogP contribution in [-0.4, -0.2) is 11.1 Å². The summed E-state index contributed by atoms with van der Waals surface area (Å²) in [7, 11) is 0. The van der Waals surface area contributed by atoms with Crippen molar-refractivity contribution in [2.24, 2.45) is 0 Å². The Bertz CT molecular complexity index is 787. The largest absolute Gasteiger partial charge is 0.298 e. The number of anilines is 1. The number of hydrogen-bond acceptors (Lipinski definition) is 3. The molecule has 0 aliphatic carbocycles. The summed E-state index contributed by atoms with van der Waals surface area (Å²) < 4.78 is 26.1. The standard InChI is InChI=1S/C16H9F2NO2S/c17-11-4-6-13(7-5-11)19-15(20)14(22-16(19)21)9-10-2-1-3-12(18)8-10/h1-9H/b14-9-. The molecule has 6 heteroatoms. The molecule has 0 radical (unpaired) electrons. The monoisotopic (exact) mass is 317 g/mol. The molecule has 0 saturated carbocycles. The first-order valence-corrected chi connectivity index (χ1v) is 7.15. The van der Waals surface area contributed by atoms with E-state index >= 15 is 0 Å². The van der Waals surface area contributed by atoms with Gasteiger partial charge in [-0.15, -0.1) is 0 Å². The molecule has 22 heavy (non-hydrogen) atoms. The molecule has 1 aliphatic heterocycles. The third kappa shape index (κ3) is 2.78. The fourth-order valence-corrected chi connectivity index (χ4v) is 2.87. The molecule has 2 aromatic carbocycles. The number of benzene rings is 2. The van der Waals surface area contributed by atoms with E-state index in [1.54, 1.807) is 6.07 Å². The Morgan fingerprint density at radius 3 is 2.36 bits per heavy atom. The van der Waals surface area contributed by atoms with Gasteiger partial charge in [0, 0.05) is 0 Å². The minimum Gasteiger partial charge on any atom is -0.268 e. The lowest BCUT2D eigenvalue weighted by Crippen LogP contribution is -2.27. The molecule has 110 valence electrons. The van der Waals surface area contributed by atoms with Crippen LogP contribution < -0.4 is 4.90 Å². The molecule has 1 saturated heterocycles. The second-order valence-corrected chi connectivity index (χ2v) is 5.54. The lowest BCUT2D eigenvalue weighted by Gasteiger charge is -2.11. The highest BCUT2D eigenvalue weighted by atomic mass is 32.2. The third-order valence-electron chi connectivity index (χ3n) is 3.02. The lowest BCUT2D eigenvalue weighted by molar-refractivity contribution is -0.113. The first-order chi connectivity index (χ1) is 10.5. The molecule has 3 nitrogen and oxygen atoms in total. The zero-order chi connectivity index (χ0) is 15.7.